The van der Waals surface area contributed by atoms with E-state index in [2.05, 4.69) is 24.4 Å². The van der Waals surface area contributed by atoms with Gasteiger partial charge in [0.05, 0.1) is 7.11 Å². The SMILES string of the molecule is COC(=O)C(C)(CSc1ccccc1C)NC1CC1. The van der Waals surface area contributed by atoms with Gasteiger partial charge in [0.15, 0.2) is 0 Å². The van der Waals surface area contributed by atoms with E-state index in [1.165, 1.54) is 17.6 Å². The molecule has 104 valence electrons. The number of ether oxygens (including phenoxy) is 1. The molecule has 1 aromatic rings. The van der Waals surface area contributed by atoms with Gasteiger partial charge < -0.3 is 4.74 Å². The fourth-order valence-corrected chi connectivity index (χ4v) is 3.12. The van der Waals surface area contributed by atoms with Crippen molar-refractivity contribution in [2.75, 3.05) is 12.9 Å². The largest absolute Gasteiger partial charge is 0.468 e. The summed E-state index contributed by atoms with van der Waals surface area (Å²) >= 11 is 1.70. The first-order valence-corrected chi connectivity index (χ1v) is 7.58. The van der Waals surface area contributed by atoms with Crippen molar-refractivity contribution in [2.24, 2.45) is 0 Å². The molecule has 0 radical (unpaired) electrons. The van der Waals surface area contributed by atoms with Crippen LogP contribution in [0.4, 0.5) is 0 Å². The molecule has 1 atom stereocenters. The second-order valence-corrected chi connectivity index (χ2v) is 6.31. The van der Waals surface area contributed by atoms with E-state index in [4.69, 9.17) is 4.74 Å². The van der Waals surface area contributed by atoms with Gasteiger partial charge in [-0.05, 0) is 38.3 Å². The number of methoxy groups -OCH3 is 1. The lowest BCUT2D eigenvalue weighted by atomic mass is 10.1. The molecule has 1 N–H and O–H groups in total. The van der Waals surface area contributed by atoms with E-state index in [1.54, 1.807) is 11.8 Å². The molecule has 3 nitrogen and oxygen atoms in total. The van der Waals surface area contributed by atoms with Crippen LogP contribution in [-0.2, 0) is 9.53 Å². The Balaban J connectivity index is 2.03. The van der Waals surface area contributed by atoms with Gasteiger partial charge in [-0.1, -0.05) is 18.2 Å². The number of nitrogens with one attached hydrogen (secondary N) is 1. The molecule has 1 unspecified atom stereocenters. The predicted molar refractivity (Wildman–Crippen MR) is 78.5 cm³/mol. The second kappa shape index (κ2) is 5.97. The Morgan fingerprint density at radius 3 is 2.74 bits per heavy atom. The lowest BCUT2D eigenvalue weighted by Crippen LogP contribution is -2.53. The molecule has 1 aromatic carbocycles. The number of rotatable bonds is 6. The highest BCUT2D eigenvalue weighted by Crippen LogP contribution is 2.29. The Labute approximate surface area is 119 Å². The molecule has 0 heterocycles. The van der Waals surface area contributed by atoms with Crippen molar-refractivity contribution < 1.29 is 9.53 Å². The van der Waals surface area contributed by atoms with E-state index >= 15 is 0 Å². The van der Waals surface area contributed by atoms with E-state index in [9.17, 15) is 4.79 Å². The number of carbonyl (C=O) groups excluding carboxylic acids is 1. The molecule has 19 heavy (non-hydrogen) atoms. The number of aryl methyl sites for hydroxylation is 1. The molecule has 4 heteroatoms. The van der Waals surface area contributed by atoms with Gasteiger partial charge in [-0.2, -0.15) is 0 Å². The van der Waals surface area contributed by atoms with Crippen molar-refractivity contribution in [3.63, 3.8) is 0 Å². The minimum absolute atomic E-state index is 0.180. The average molecular weight is 279 g/mol. The number of thioether (sulfide) groups is 1. The summed E-state index contributed by atoms with van der Waals surface area (Å²) < 4.78 is 4.95. The number of hydrogen-bond acceptors (Lipinski definition) is 4. The summed E-state index contributed by atoms with van der Waals surface area (Å²) in [6.07, 6.45) is 2.31. The van der Waals surface area contributed by atoms with Crippen molar-refractivity contribution in [2.45, 2.75) is 43.2 Å². The zero-order valence-corrected chi connectivity index (χ0v) is 12.5. The summed E-state index contributed by atoms with van der Waals surface area (Å²) in [6, 6.07) is 8.71. The smallest absolute Gasteiger partial charge is 0.326 e. The van der Waals surface area contributed by atoms with Crippen LogP contribution in [0.3, 0.4) is 0 Å². The molecule has 1 aliphatic rings. The fraction of sp³-hybridized carbons (Fsp3) is 0.533. The molecular weight excluding hydrogens is 258 g/mol. The topological polar surface area (TPSA) is 38.3 Å². The van der Waals surface area contributed by atoms with Crippen LogP contribution in [-0.4, -0.2) is 30.4 Å². The highest BCUT2D eigenvalue weighted by Gasteiger charge is 2.39. The third kappa shape index (κ3) is 3.74. The summed E-state index contributed by atoms with van der Waals surface area (Å²) in [6.45, 7) is 4.02. The summed E-state index contributed by atoms with van der Waals surface area (Å²) in [5.74, 6) is 0.501. The number of benzene rings is 1. The first kappa shape index (κ1) is 14.4. The monoisotopic (exact) mass is 279 g/mol. The van der Waals surface area contributed by atoms with Crippen molar-refractivity contribution in [3.05, 3.63) is 29.8 Å². The minimum atomic E-state index is -0.608. The average Bonchev–Trinajstić information content (AvgIpc) is 3.20. The van der Waals surface area contributed by atoms with Crippen LogP contribution < -0.4 is 5.32 Å². The highest BCUT2D eigenvalue weighted by molar-refractivity contribution is 7.99. The summed E-state index contributed by atoms with van der Waals surface area (Å²) in [4.78, 5) is 13.2. The van der Waals surface area contributed by atoms with E-state index in [0.717, 1.165) is 12.8 Å². The predicted octanol–water partition coefficient (Wildman–Crippen LogP) is 2.77. The Kier molecular flexibility index (Phi) is 4.53. The Morgan fingerprint density at radius 1 is 1.47 bits per heavy atom. The lowest BCUT2D eigenvalue weighted by molar-refractivity contribution is -0.147. The number of carbonyl (C=O) groups is 1. The van der Waals surface area contributed by atoms with Crippen LogP contribution in [0, 0.1) is 6.92 Å². The molecule has 1 fully saturated rings. The van der Waals surface area contributed by atoms with Gasteiger partial charge in [-0.15, -0.1) is 11.8 Å². The molecule has 0 bridgehead atoms. The zero-order chi connectivity index (χ0) is 13.9. The second-order valence-electron chi connectivity index (χ2n) is 5.30. The Morgan fingerprint density at radius 2 is 2.16 bits per heavy atom. The number of hydrogen-bond donors (Lipinski definition) is 1. The standard InChI is InChI=1S/C15H21NO2S/c1-11-6-4-5-7-13(11)19-10-15(2,14(17)18-3)16-12-8-9-12/h4-7,12,16H,8-10H2,1-3H3. The molecule has 1 aliphatic carbocycles. The lowest BCUT2D eigenvalue weighted by Gasteiger charge is -2.28. The van der Waals surface area contributed by atoms with Crippen molar-refractivity contribution >= 4 is 17.7 Å². The maximum absolute atomic E-state index is 12.0. The normalized spacial score (nSPS) is 17.8. The highest BCUT2D eigenvalue weighted by atomic mass is 32.2. The van der Waals surface area contributed by atoms with Crippen molar-refractivity contribution in [1.82, 2.24) is 5.32 Å². The molecule has 2 rings (SSSR count). The quantitative estimate of drug-likeness (QED) is 0.642. The Bertz CT molecular complexity index is 459. The maximum Gasteiger partial charge on any atom is 0.326 e. The van der Waals surface area contributed by atoms with E-state index < -0.39 is 5.54 Å². The van der Waals surface area contributed by atoms with E-state index in [-0.39, 0.29) is 5.97 Å². The molecular formula is C15H21NO2S. The molecule has 0 spiro atoms. The van der Waals surface area contributed by atoms with Crippen LogP contribution in [0.15, 0.2) is 29.2 Å². The summed E-state index contributed by atoms with van der Waals surface area (Å²) in [7, 11) is 1.45. The van der Waals surface area contributed by atoms with Gasteiger partial charge in [0.25, 0.3) is 0 Å². The van der Waals surface area contributed by atoms with Crippen LogP contribution >= 0.6 is 11.8 Å². The van der Waals surface area contributed by atoms with Gasteiger partial charge in [-0.3, -0.25) is 10.1 Å². The van der Waals surface area contributed by atoms with Gasteiger partial charge >= 0.3 is 5.97 Å². The molecule has 0 aromatic heterocycles. The molecule has 0 saturated heterocycles. The molecule has 0 aliphatic heterocycles. The first-order chi connectivity index (χ1) is 9.05. The van der Waals surface area contributed by atoms with Crippen LogP contribution in [0.2, 0.25) is 0 Å². The van der Waals surface area contributed by atoms with Crippen LogP contribution in [0.5, 0.6) is 0 Å². The molecule has 1 saturated carbocycles. The van der Waals surface area contributed by atoms with Crippen LogP contribution in [0.25, 0.3) is 0 Å². The minimum Gasteiger partial charge on any atom is -0.468 e. The van der Waals surface area contributed by atoms with Crippen molar-refractivity contribution in [3.8, 4) is 0 Å². The third-order valence-electron chi connectivity index (χ3n) is 3.35. The number of esters is 1. The van der Waals surface area contributed by atoms with E-state index in [0.29, 0.717) is 11.8 Å². The third-order valence-corrected chi connectivity index (χ3v) is 4.84. The Hall–Kier alpha value is -1.00. The van der Waals surface area contributed by atoms with Crippen LogP contribution in [0.1, 0.15) is 25.3 Å². The van der Waals surface area contributed by atoms with Gasteiger partial charge in [0.2, 0.25) is 0 Å². The van der Waals surface area contributed by atoms with E-state index in [1.807, 2.05) is 19.1 Å². The summed E-state index contributed by atoms with van der Waals surface area (Å²) in [5, 5.41) is 3.41. The zero-order valence-electron chi connectivity index (χ0n) is 11.7. The van der Waals surface area contributed by atoms with Gasteiger partial charge in [-0.25, -0.2) is 0 Å². The summed E-state index contributed by atoms with van der Waals surface area (Å²) in [5.41, 5.74) is 0.634. The first-order valence-electron chi connectivity index (χ1n) is 6.60. The van der Waals surface area contributed by atoms with Crippen molar-refractivity contribution in [1.29, 1.82) is 0 Å². The fourth-order valence-electron chi connectivity index (χ4n) is 2.00. The van der Waals surface area contributed by atoms with Gasteiger partial charge in [0.1, 0.15) is 5.54 Å². The van der Waals surface area contributed by atoms with Gasteiger partial charge in [0, 0.05) is 16.7 Å². The molecule has 0 amide bonds. The maximum atomic E-state index is 12.0.